The van der Waals surface area contributed by atoms with Crippen molar-refractivity contribution in [2.45, 2.75) is 18.9 Å². The van der Waals surface area contributed by atoms with E-state index in [4.69, 9.17) is 0 Å². The van der Waals surface area contributed by atoms with E-state index in [1.807, 2.05) is 12.1 Å². The van der Waals surface area contributed by atoms with Crippen LogP contribution in [-0.4, -0.2) is 30.6 Å². The Bertz CT molecular complexity index is 818. The smallest absolute Gasteiger partial charge is 0.350 e. The normalized spacial score (nSPS) is 14.6. The first-order valence-electron chi connectivity index (χ1n) is 6.46. The molecule has 0 spiro atoms. The topological polar surface area (TPSA) is 88.0 Å². The molecular formula is C13H12N6O. The third-order valence-corrected chi connectivity index (χ3v) is 3.27. The van der Waals surface area contributed by atoms with Crippen molar-refractivity contribution in [1.29, 1.82) is 0 Å². The molecule has 2 N–H and O–H groups in total. The van der Waals surface area contributed by atoms with Crippen LogP contribution < -0.4 is 11.0 Å². The molecule has 0 saturated heterocycles. The molecule has 0 aliphatic heterocycles. The van der Waals surface area contributed by atoms with Crippen LogP contribution in [0.2, 0.25) is 0 Å². The van der Waals surface area contributed by atoms with Crippen LogP contribution in [0.4, 0.5) is 5.95 Å². The van der Waals surface area contributed by atoms with Gasteiger partial charge in [-0.05, 0) is 25.0 Å². The molecule has 1 fully saturated rings. The highest BCUT2D eigenvalue weighted by atomic mass is 16.1. The monoisotopic (exact) mass is 268 g/mol. The van der Waals surface area contributed by atoms with E-state index in [0.717, 1.165) is 24.1 Å². The first-order valence-corrected chi connectivity index (χ1v) is 6.46. The first-order chi connectivity index (χ1) is 9.81. The molecule has 0 amide bonds. The Balaban J connectivity index is 1.92. The van der Waals surface area contributed by atoms with Crippen molar-refractivity contribution in [3.8, 4) is 11.3 Å². The zero-order valence-electron chi connectivity index (χ0n) is 10.6. The predicted molar refractivity (Wildman–Crippen MR) is 73.5 cm³/mol. The number of rotatable bonds is 3. The molecule has 7 heteroatoms. The lowest BCUT2D eigenvalue weighted by Crippen LogP contribution is -2.17. The number of hydrogen-bond acceptors (Lipinski definition) is 5. The highest BCUT2D eigenvalue weighted by molar-refractivity contribution is 5.65. The summed E-state index contributed by atoms with van der Waals surface area (Å²) in [5.74, 6) is 0.530. The molecule has 7 nitrogen and oxygen atoms in total. The van der Waals surface area contributed by atoms with Crippen molar-refractivity contribution in [3.63, 3.8) is 0 Å². The van der Waals surface area contributed by atoms with Gasteiger partial charge in [-0.25, -0.2) is 19.3 Å². The zero-order valence-corrected chi connectivity index (χ0v) is 10.6. The highest BCUT2D eigenvalue weighted by Gasteiger charge is 2.23. The van der Waals surface area contributed by atoms with Gasteiger partial charge in [0.1, 0.15) is 0 Å². The van der Waals surface area contributed by atoms with Gasteiger partial charge in [-0.15, -0.1) is 0 Å². The van der Waals surface area contributed by atoms with E-state index in [0.29, 0.717) is 17.6 Å². The molecule has 1 saturated carbocycles. The molecule has 0 bridgehead atoms. The minimum atomic E-state index is -0.284. The summed E-state index contributed by atoms with van der Waals surface area (Å²) in [6.07, 6.45) is 5.66. The van der Waals surface area contributed by atoms with Gasteiger partial charge in [0.15, 0.2) is 5.65 Å². The SMILES string of the molecule is O=c1[nH]nc2cc(-c3cccnc3)nc(NC3CC3)n12. The summed E-state index contributed by atoms with van der Waals surface area (Å²) < 4.78 is 1.46. The van der Waals surface area contributed by atoms with Crippen molar-refractivity contribution in [3.05, 3.63) is 41.1 Å². The van der Waals surface area contributed by atoms with Crippen molar-refractivity contribution >= 4 is 11.6 Å². The van der Waals surface area contributed by atoms with Gasteiger partial charge in [0.25, 0.3) is 0 Å². The standard InChI is InChI=1S/C13H12N6O/c20-13-18-17-11-6-10(8-2-1-5-14-7-8)16-12(19(11)13)15-9-3-4-9/h1-2,5-7,9H,3-4H2,(H,15,16)(H,18,20). The van der Waals surface area contributed by atoms with E-state index in [2.05, 4.69) is 25.5 Å². The van der Waals surface area contributed by atoms with Gasteiger partial charge < -0.3 is 5.32 Å². The number of pyridine rings is 1. The second-order valence-corrected chi connectivity index (χ2v) is 4.85. The van der Waals surface area contributed by atoms with Gasteiger partial charge in [0, 0.05) is 30.1 Å². The lowest BCUT2D eigenvalue weighted by atomic mass is 10.2. The molecule has 3 aromatic heterocycles. The van der Waals surface area contributed by atoms with Gasteiger partial charge in [-0.2, -0.15) is 5.10 Å². The number of aromatic nitrogens is 5. The van der Waals surface area contributed by atoms with Crippen LogP contribution >= 0.6 is 0 Å². The summed E-state index contributed by atoms with van der Waals surface area (Å²) in [4.78, 5) is 20.4. The lowest BCUT2D eigenvalue weighted by Gasteiger charge is -2.08. The second-order valence-electron chi connectivity index (χ2n) is 4.85. The van der Waals surface area contributed by atoms with Crippen LogP contribution in [0.15, 0.2) is 35.4 Å². The summed E-state index contributed by atoms with van der Waals surface area (Å²) in [6.45, 7) is 0. The minimum absolute atomic E-state index is 0.284. The minimum Gasteiger partial charge on any atom is -0.352 e. The van der Waals surface area contributed by atoms with Crippen LogP contribution in [0.1, 0.15) is 12.8 Å². The van der Waals surface area contributed by atoms with Crippen LogP contribution in [0.3, 0.4) is 0 Å². The van der Waals surface area contributed by atoms with Gasteiger partial charge in [-0.3, -0.25) is 4.98 Å². The summed E-state index contributed by atoms with van der Waals surface area (Å²) in [5.41, 5.74) is 1.90. The third-order valence-electron chi connectivity index (χ3n) is 3.27. The largest absolute Gasteiger partial charge is 0.352 e. The lowest BCUT2D eigenvalue weighted by molar-refractivity contribution is 0.970. The molecule has 0 unspecified atom stereocenters. The van der Waals surface area contributed by atoms with Crippen LogP contribution in [-0.2, 0) is 0 Å². The Morgan fingerprint density at radius 3 is 3.05 bits per heavy atom. The Morgan fingerprint density at radius 2 is 2.30 bits per heavy atom. The fourth-order valence-corrected chi connectivity index (χ4v) is 2.10. The Morgan fingerprint density at radius 1 is 1.40 bits per heavy atom. The average molecular weight is 268 g/mol. The van der Waals surface area contributed by atoms with Gasteiger partial charge >= 0.3 is 5.69 Å². The highest BCUT2D eigenvalue weighted by Crippen LogP contribution is 2.25. The molecule has 20 heavy (non-hydrogen) atoms. The van der Waals surface area contributed by atoms with E-state index in [1.165, 1.54) is 4.40 Å². The summed E-state index contributed by atoms with van der Waals surface area (Å²) in [5, 5.41) is 9.74. The maximum Gasteiger partial charge on any atom is 0.350 e. The fraction of sp³-hybridized carbons (Fsp3) is 0.231. The van der Waals surface area contributed by atoms with E-state index in [1.54, 1.807) is 18.5 Å². The van der Waals surface area contributed by atoms with Gasteiger partial charge in [-0.1, -0.05) is 0 Å². The third kappa shape index (κ3) is 1.83. The molecule has 3 heterocycles. The van der Waals surface area contributed by atoms with E-state index < -0.39 is 0 Å². The van der Waals surface area contributed by atoms with E-state index in [-0.39, 0.29) is 5.69 Å². The molecule has 100 valence electrons. The Labute approximate surface area is 113 Å². The number of hydrogen-bond donors (Lipinski definition) is 2. The maximum atomic E-state index is 11.8. The van der Waals surface area contributed by atoms with Crippen LogP contribution in [0, 0.1) is 0 Å². The van der Waals surface area contributed by atoms with E-state index in [9.17, 15) is 4.79 Å². The number of nitrogens with one attached hydrogen (secondary N) is 2. The number of anilines is 1. The molecule has 0 atom stereocenters. The maximum absolute atomic E-state index is 11.8. The van der Waals surface area contributed by atoms with Gasteiger partial charge in [0.2, 0.25) is 5.95 Å². The number of aromatic amines is 1. The fourth-order valence-electron chi connectivity index (χ4n) is 2.10. The van der Waals surface area contributed by atoms with Crippen molar-refractivity contribution in [2.75, 3.05) is 5.32 Å². The summed E-state index contributed by atoms with van der Waals surface area (Å²) >= 11 is 0. The predicted octanol–water partition coefficient (Wildman–Crippen LogP) is 1.05. The zero-order chi connectivity index (χ0) is 13.5. The number of H-pyrrole nitrogens is 1. The summed E-state index contributed by atoms with van der Waals surface area (Å²) in [7, 11) is 0. The second kappa shape index (κ2) is 4.16. The molecule has 4 rings (SSSR count). The molecule has 0 radical (unpaired) electrons. The summed E-state index contributed by atoms with van der Waals surface area (Å²) in [6, 6.07) is 5.95. The Kier molecular flexibility index (Phi) is 2.32. The van der Waals surface area contributed by atoms with Crippen molar-refractivity contribution in [2.24, 2.45) is 0 Å². The number of fused-ring (bicyclic) bond motifs is 1. The molecule has 3 aromatic rings. The van der Waals surface area contributed by atoms with Gasteiger partial charge in [0.05, 0.1) is 5.69 Å². The molecular weight excluding hydrogens is 256 g/mol. The quantitative estimate of drug-likeness (QED) is 0.741. The molecule has 0 aromatic carbocycles. The van der Waals surface area contributed by atoms with Crippen LogP contribution in [0.5, 0.6) is 0 Å². The first kappa shape index (κ1) is 11.2. The average Bonchev–Trinajstić information content (AvgIpc) is 3.22. The molecule has 1 aliphatic rings. The van der Waals surface area contributed by atoms with Crippen molar-refractivity contribution < 1.29 is 0 Å². The Hall–Kier alpha value is -2.70. The van der Waals surface area contributed by atoms with Crippen LogP contribution in [0.25, 0.3) is 16.9 Å². The number of nitrogens with zero attached hydrogens (tertiary/aromatic N) is 4. The molecule has 1 aliphatic carbocycles. The van der Waals surface area contributed by atoms with Crippen molar-refractivity contribution in [1.82, 2.24) is 24.6 Å². The van der Waals surface area contributed by atoms with E-state index >= 15 is 0 Å².